The average molecular weight is 629 g/mol. The summed E-state index contributed by atoms with van der Waals surface area (Å²) >= 11 is 5.63. The van der Waals surface area contributed by atoms with Crippen LogP contribution in [0.15, 0.2) is 54.7 Å². The molecule has 1 saturated heterocycles. The van der Waals surface area contributed by atoms with Crippen LogP contribution in [-0.2, 0) is 40.2 Å². The molecular formula is C27H31F2N2O9PS. The van der Waals surface area contributed by atoms with Crippen LogP contribution in [0.5, 0.6) is 5.75 Å². The first-order chi connectivity index (χ1) is 19.7. The van der Waals surface area contributed by atoms with Crippen molar-refractivity contribution >= 4 is 46.9 Å². The molecule has 0 saturated carbocycles. The van der Waals surface area contributed by atoms with E-state index in [4.69, 9.17) is 30.3 Å². The molecule has 2 heterocycles. The largest absolute Gasteiger partial charge is 0.462 e. The summed E-state index contributed by atoms with van der Waals surface area (Å²) in [5.74, 6) is -1.82. The molecule has 1 fully saturated rings. The zero-order chi connectivity index (χ0) is 30.8. The second kappa shape index (κ2) is 12.8. The smallest absolute Gasteiger partial charge is 0.323 e. The minimum absolute atomic E-state index is 0.208. The normalized spacial score (nSPS) is 26.6. The molecule has 4 rings (SSSR count). The van der Waals surface area contributed by atoms with Gasteiger partial charge in [0.1, 0.15) is 24.0 Å². The van der Waals surface area contributed by atoms with Gasteiger partial charge in [0.05, 0.1) is 19.1 Å². The van der Waals surface area contributed by atoms with E-state index < -0.39 is 79.9 Å². The zero-order valence-electron chi connectivity index (χ0n) is 22.9. The van der Waals surface area contributed by atoms with Crippen molar-refractivity contribution in [2.24, 2.45) is 0 Å². The third-order valence-corrected chi connectivity index (χ3v) is 9.08. The van der Waals surface area contributed by atoms with Crippen molar-refractivity contribution in [3.05, 3.63) is 54.7 Å². The number of ether oxygens (including phenoxy) is 2. The first-order valence-corrected chi connectivity index (χ1v) is 15.6. The number of carbonyl (C=O) groups is 3. The van der Waals surface area contributed by atoms with Crippen LogP contribution in [0.2, 0.25) is 0 Å². The maximum atomic E-state index is 14.6. The Kier molecular flexibility index (Phi) is 9.78. The number of aliphatic hydroxyl groups is 2. The van der Waals surface area contributed by atoms with E-state index in [0.29, 0.717) is 0 Å². The van der Waals surface area contributed by atoms with Crippen molar-refractivity contribution in [3.8, 4) is 5.75 Å². The van der Waals surface area contributed by atoms with Gasteiger partial charge in [-0.25, -0.2) is 13.9 Å². The number of nitrogens with one attached hydrogen (secondary N) is 1. The number of amides is 1. The summed E-state index contributed by atoms with van der Waals surface area (Å²) in [4.78, 5) is 37.2. The molecule has 0 aromatic heterocycles. The van der Waals surface area contributed by atoms with Crippen molar-refractivity contribution in [2.75, 3.05) is 6.61 Å². The lowest BCUT2D eigenvalue weighted by Gasteiger charge is -2.35. The highest BCUT2D eigenvalue weighted by molar-refractivity contribution is 8.09. The van der Waals surface area contributed by atoms with Gasteiger partial charge in [0.25, 0.3) is 6.43 Å². The highest BCUT2D eigenvalue weighted by Gasteiger charge is 2.62. The summed E-state index contributed by atoms with van der Waals surface area (Å²) in [6, 6.07) is 11.3. The van der Waals surface area contributed by atoms with Crippen molar-refractivity contribution in [3.63, 3.8) is 0 Å². The lowest BCUT2D eigenvalue weighted by Crippen LogP contribution is -2.53. The molecule has 15 heteroatoms. The molecule has 2 aliphatic heterocycles. The third-order valence-electron chi connectivity index (χ3n) is 6.60. The number of hydrogen-bond acceptors (Lipinski definition) is 10. The predicted octanol–water partition coefficient (Wildman–Crippen LogP) is 2.79. The first kappa shape index (κ1) is 32.1. The number of rotatable bonds is 11. The molecule has 42 heavy (non-hydrogen) atoms. The van der Waals surface area contributed by atoms with Gasteiger partial charge in [-0.3, -0.25) is 19.3 Å². The standard InChI is InChI=1S/C27H31F2N2O9PS/c1-15(2)38-25(36)16(3)30-41(42,40-20-9-8-17-6-4-5-7-18(17)12-20)37-14-27(26(28)29)23(35)22(34)24(39-27)31-11-10-19(32)13-21(31)33/h4-12,15-16,22-24,26,34-35H,13-14H2,1-3H3,(H,30,42)/t16-,22+,23+,24+,27+,41?/m0/s1. The second-order valence-corrected chi connectivity index (χ2v) is 13.3. The summed E-state index contributed by atoms with van der Waals surface area (Å²) in [6.07, 6.45) is -8.41. The molecule has 228 valence electrons. The minimum atomic E-state index is -3.89. The number of alkyl halides is 2. The number of allylic oxidation sites excluding steroid dienone is 1. The van der Waals surface area contributed by atoms with Crippen LogP contribution in [0.4, 0.5) is 8.78 Å². The van der Waals surface area contributed by atoms with Gasteiger partial charge in [-0.1, -0.05) is 30.3 Å². The molecule has 2 aromatic carbocycles. The molecule has 1 amide bonds. The topological polar surface area (TPSA) is 144 Å². The fourth-order valence-electron chi connectivity index (χ4n) is 4.43. The minimum Gasteiger partial charge on any atom is -0.462 e. The SMILES string of the molecule is CC(C)OC(=O)[C@H](C)NP(=S)(OC[C@@]1(C(F)F)O[C@@H](N2C=CC(=O)CC2=O)[C@H](O)[C@H]1O)Oc1ccc2ccccc2c1. The third kappa shape index (κ3) is 6.86. The number of benzene rings is 2. The molecule has 3 N–H and O–H groups in total. The summed E-state index contributed by atoms with van der Waals surface area (Å²) in [6.45, 7) is -0.270. The number of nitrogens with zero attached hydrogens (tertiary/aromatic N) is 1. The lowest BCUT2D eigenvalue weighted by molar-refractivity contribution is -0.199. The maximum Gasteiger partial charge on any atom is 0.323 e. The van der Waals surface area contributed by atoms with Crippen LogP contribution >= 0.6 is 6.64 Å². The molecule has 6 atom stereocenters. The number of esters is 1. The summed E-state index contributed by atoms with van der Waals surface area (Å²) in [5, 5.41) is 25.8. The van der Waals surface area contributed by atoms with Crippen LogP contribution in [0.1, 0.15) is 27.2 Å². The van der Waals surface area contributed by atoms with Crippen LogP contribution in [0.3, 0.4) is 0 Å². The monoisotopic (exact) mass is 628 g/mol. The Morgan fingerprint density at radius 3 is 2.52 bits per heavy atom. The molecule has 2 aromatic rings. The number of carbonyl (C=O) groups excluding carboxylic acids is 3. The summed E-state index contributed by atoms with van der Waals surface area (Å²) in [5.41, 5.74) is -2.86. The van der Waals surface area contributed by atoms with E-state index in [0.717, 1.165) is 27.9 Å². The molecule has 2 aliphatic rings. The number of fused-ring (bicyclic) bond motifs is 1. The molecule has 0 bridgehead atoms. The summed E-state index contributed by atoms with van der Waals surface area (Å²) < 4.78 is 51.6. The Labute approximate surface area is 245 Å². The van der Waals surface area contributed by atoms with E-state index in [9.17, 15) is 33.4 Å². The van der Waals surface area contributed by atoms with Gasteiger partial charge >= 0.3 is 12.6 Å². The molecule has 1 unspecified atom stereocenters. The van der Waals surface area contributed by atoms with Crippen molar-refractivity contribution < 1.29 is 51.9 Å². The van der Waals surface area contributed by atoms with Gasteiger partial charge in [0, 0.05) is 6.20 Å². The quantitative estimate of drug-likeness (QED) is 0.192. The Bertz CT molecular complexity index is 1430. The van der Waals surface area contributed by atoms with Crippen LogP contribution in [0.25, 0.3) is 10.8 Å². The number of aliphatic hydroxyl groups excluding tert-OH is 2. The van der Waals surface area contributed by atoms with Crippen molar-refractivity contribution in [2.45, 2.75) is 69.8 Å². The predicted molar refractivity (Wildman–Crippen MR) is 150 cm³/mol. The van der Waals surface area contributed by atoms with Crippen LogP contribution in [0, 0.1) is 0 Å². The van der Waals surface area contributed by atoms with E-state index >= 15 is 0 Å². The highest BCUT2D eigenvalue weighted by atomic mass is 32.5. The van der Waals surface area contributed by atoms with Crippen molar-refractivity contribution in [1.82, 2.24) is 9.99 Å². The Morgan fingerprint density at radius 2 is 1.88 bits per heavy atom. The fraction of sp³-hybridized carbons (Fsp3) is 0.444. The lowest BCUT2D eigenvalue weighted by atomic mass is 9.96. The molecular weight excluding hydrogens is 597 g/mol. The number of ketones is 1. The van der Waals surface area contributed by atoms with Gasteiger partial charge in [0.2, 0.25) is 5.91 Å². The van der Waals surface area contributed by atoms with Gasteiger partial charge in [0.15, 0.2) is 17.6 Å². The van der Waals surface area contributed by atoms with E-state index in [1.165, 1.54) is 6.92 Å². The highest BCUT2D eigenvalue weighted by Crippen LogP contribution is 2.49. The number of hydrogen-bond donors (Lipinski definition) is 3. The van der Waals surface area contributed by atoms with Gasteiger partial charge in [-0.05, 0) is 61.6 Å². The first-order valence-electron chi connectivity index (χ1n) is 13.0. The second-order valence-electron chi connectivity index (χ2n) is 10.2. The van der Waals surface area contributed by atoms with Crippen molar-refractivity contribution in [1.29, 1.82) is 0 Å². The zero-order valence-corrected chi connectivity index (χ0v) is 24.6. The maximum absolute atomic E-state index is 14.6. The van der Waals surface area contributed by atoms with E-state index in [1.807, 2.05) is 24.3 Å². The fourth-order valence-corrected chi connectivity index (χ4v) is 6.84. The molecule has 0 spiro atoms. The molecule has 0 radical (unpaired) electrons. The van der Waals surface area contributed by atoms with E-state index in [-0.39, 0.29) is 5.75 Å². The van der Waals surface area contributed by atoms with E-state index in [2.05, 4.69) is 5.09 Å². The van der Waals surface area contributed by atoms with Gasteiger partial charge < -0.3 is 28.7 Å². The Morgan fingerprint density at radius 1 is 1.19 bits per heavy atom. The molecule has 11 nitrogen and oxygen atoms in total. The van der Waals surface area contributed by atoms with Gasteiger partial charge in [-0.15, -0.1) is 0 Å². The van der Waals surface area contributed by atoms with Crippen LogP contribution in [-0.4, -0.2) is 82.0 Å². The Balaban J connectivity index is 1.62. The summed E-state index contributed by atoms with van der Waals surface area (Å²) in [7, 11) is 0. The van der Waals surface area contributed by atoms with Gasteiger partial charge in [-0.2, -0.15) is 0 Å². The van der Waals surface area contributed by atoms with Crippen LogP contribution < -0.4 is 9.61 Å². The van der Waals surface area contributed by atoms with E-state index in [1.54, 1.807) is 32.0 Å². The molecule has 0 aliphatic carbocycles. The average Bonchev–Trinajstić information content (AvgIpc) is 3.17. The Hall–Kier alpha value is -2.84. The number of halogens is 2.